The van der Waals surface area contributed by atoms with Gasteiger partial charge in [0.15, 0.2) is 0 Å². The zero-order valence-corrected chi connectivity index (χ0v) is 12.3. The minimum absolute atomic E-state index is 0.0290. The molecule has 1 unspecified atom stereocenters. The zero-order chi connectivity index (χ0) is 14.4. The van der Waals surface area contributed by atoms with E-state index in [2.05, 4.69) is 4.90 Å². The Morgan fingerprint density at radius 1 is 1.25 bits per heavy atom. The van der Waals surface area contributed by atoms with Crippen LogP contribution in [0.3, 0.4) is 0 Å². The molecule has 1 aromatic rings. The Hall–Kier alpha value is -1.30. The summed E-state index contributed by atoms with van der Waals surface area (Å²) in [6, 6.07) is 5.76. The van der Waals surface area contributed by atoms with Crippen LogP contribution < -0.4 is 15.2 Å². The van der Waals surface area contributed by atoms with E-state index in [0.29, 0.717) is 0 Å². The molecule has 1 saturated heterocycles. The third-order valence-electron chi connectivity index (χ3n) is 3.70. The van der Waals surface area contributed by atoms with Crippen molar-refractivity contribution in [2.24, 2.45) is 5.73 Å². The SMILES string of the molecule is COc1ccc(C(N)CCN2CCOCC2)c(OC)c1. The average Bonchev–Trinajstić information content (AvgIpc) is 2.52. The third-order valence-corrected chi connectivity index (χ3v) is 3.70. The fraction of sp³-hybridized carbons (Fsp3) is 0.600. The predicted molar refractivity (Wildman–Crippen MR) is 78.4 cm³/mol. The van der Waals surface area contributed by atoms with Crippen molar-refractivity contribution in [2.75, 3.05) is 47.1 Å². The lowest BCUT2D eigenvalue weighted by molar-refractivity contribution is 0.0366. The summed E-state index contributed by atoms with van der Waals surface area (Å²) in [4.78, 5) is 2.39. The van der Waals surface area contributed by atoms with Crippen LogP contribution >= 0.6 is 0 Å². The largest absolute Gasteiger partial charge is 0.497 e. The van der Waals surface area contributed by atoms with Crippen LogP contribution in [0.5, 0.6) is 11.5 Å². The Labute approximate surface area is 120 Å². The number of nitrogens with zero attached hydrogens (tertiary/aromatic N) is 1. The second kappa shape index (κ2) is 7.47. The lowest BCUT2D eigenvalue weighted by Crippen LogP contribution is -2.37. The molecule has 1 atom stereocenters. The summed E-state index contributed by atoms with van der Waals surface area (Å²) in [6.45, 7) is 4.61. The van der Waals surface area contributed by atoms with Gasteiger partial charge in [0, 0.05) is 37.3 Å². The van der Waals surface area contributed by atoms with E-state index in [1.807, 2.05) is 18.2 Å². The standard InChI is InChI=1S/C15H24N2O3/c1-18-12-3-4-13(15(11-12)19-2)14(16)5-6-17-7-9-20-10-8-17/h3-4,11,14H,5-10,16H2,1-2H3. The molecule has 5 heteroatoms. The first-order chi connectivity index (χ1) is 9.74. The van der Waals surface area contributed by atoms with Crippen molar-refractivity contribution in [3.63, 3.8) is 0 Å². The monoisotopic (exact) mass is 280 g/mol. The van der Waals surface area contributed by atoms with Crippen LogP contribution in [-0.2, 0) is 4.74 Å². The summed E-state index contributed by atoms with van der Waals surface area (Å²) in [7, 11) is 3.31. The number of methoxy groups -OCH3 is 2. The number of benzene rings is 1. The van der Waals surface area contributed by atoms with Gasteiger partial charge in [0.2, 0.25) is 0 Å². The van der Waals surface area contributed by atoms with E-state index in [1.54, 1.807) is 14.2 Å². The smallest absolute Gasteiger partial charge is 0.127 e. The quantitative estimate of drug-likeness (QED) is 0.854. The molecule has 0 spiro atoms. The summed E-state index contributed by atoms with van der Waals surface area (Å²) in [5.41, 5.74) is 7.33. The molecule has 5 nitrogen and oxygen atoms in total. The van der Waals surface area contributed by atoms with E-state index in [9.17, 15) is 0 Å². The van der Waals surface area contributed by atoms with Gasteiger partial charge in [0.05, 0.1) is 27.4 Å². The lowest BCUT2D eigenvalue weighted by atomic mass is 10.0. The molecule has 1 aliphatic heterocycles. The minimum atomic E-state index is -0.0290. The molecule has 0 aromatic heterocycles. The molecule has 0 amide bonds. The fourth-order valence-electron chi connectivity index (χ4n) is 2.43. The Morgan fingerprint density at radius 3 is 2.65 bits per heavy atom. The van der Waals surface area contributed by atoms with E-state index in [-0.39, 0.29) is 6.04 Å². The first-order valence-corrected chi connectivity index (χ1v) is 7.02. The molecule has 112 valence electrons. The Morgan fingerprint density at radius 2 is 2.00 bits per heavy atom. The number of rotatable bonds is 6. The van der Waals surface area contributed by atoms with Crippen LogP contribution in [0.25, 0.3) is 0 Å². The summed E-state index contributed by atoms with van der Waals surface area (Å²) in [5, 5.41) is 0. The van der Waals surface area contributed by atoms with Gasteiger partial charge < -0.3 is 19.9 Å². The van der Waals surface area contributed by atoms with E-state index < -0.39 is 0 Å². The highest BCUT2D eigenvalue weighted by Crippen LogP contribution is 2.29. The third kappa shape index (κ3) is 3.85. The zero-order valence-electron chi connectivity index (χ0n) is 12.3. The maximum atomic E-state index is 6.30. The average molecular weight is 280 g/mol. The number of ether oxygens (including phenoxy) is 3. The lowest BCUT2D eigenvalue weighted by Gasteiger charge is -2.27. The highest BCUT2D eigenvalue weighted by Gasteiger charge is 2.16. The number of morpholine rings is 1. The van der Waals surface area contributed by atoms with Crippen molar-refractivity contribution >= 4 is 0 Å². The van der Waals surface area contributed by atoms with Crippen LogP contribution in [0.4, 0.5) is 0 Å². The molecule has 1 fully saturated rings. The normalized spacial score (nSPS) is 17.8. The minimum Gasteiger partial charge on any atom is -0.497 e. The molecular weight excluding hydrogens is 256 g/mol. The van der Waals surface area contributed by atoms with Gasteiger partial charge in [-0.25, -0.2) is 0 Å². The van der Waals surface area contributed by atoms with Gasteiger partial charge in [-0.1, -0.05) is 6.07 Å². The Balaban J connectivity index is 1.95. The predicted octanol–water partition coefficient (Wildman–Crippen LogP) is 1.43. The highest BCUT2D eigenvalue weighted by atomic mass is 16.5. The number of hydrogen-bond donors (Lipinski definition) is 1. The van der Waals surface area contributed by atoms with E-state index in [1.165, 1.54) is 0 Å². The van der Waals surface area contributed by atoms with Crippen LogP contribution in [0, 0.1) is 0 Å². The maximum absolute atomic E-state index is 6.30. The van der Waals surface area contributed by atoms with Gasteiger partial charge in [0.25, 0.3) is 0 Å². The molecule has 1 aromatic carbocycles. The Kier molecular flexibility index (Phi) is 5.64. The molecule has 2 rings (SSSR count). The highest BCUT2D eigenvalue weighted by molar-refractivity contribution is 5.42. The molecule has 0 aliphatic carbocycles. The van der Waals surface area contributed by atoms with Crippen LogP contribution in [0.1, 0.15) is 18.0 Å². The van der Waals surface area contributed by atoms with Crippen LogP contribution in [0.15, 0.2) is 18.2 Å². The molecule has 0 saturated carbocycles. The van der Waals surface area contributed by atoms with Crippen molar-refractivity contribution in [3.05, 3.63) is 23.8 Å². The van der Waals surface area contributed by atoms with Crippen molar-refractivity contribution in [3.8, 4) is 11.5 Å². The first-order valence-electron chi connectivity index (χ1n) is 7.02. The maximum Gasteiger partial charge on any atom is 0.127 e. The van der Waals surface area contributed by atoms with Gasteiger partial charge in [-0.2, -0.15) is 0 Å². The first kappa shape index (κ1) is 15.1. The summed E-state index contributed by atoms with van der Waals surface area (Å²) >= 11 is 0. The van der Waals surface area contributed by atoms with Gasteiger partial charge in [-0.3, -0.25) is 4.90 Å². The second-order valence-electron chi connectivity index (χ2n) is 4.96. The van der Waals surface area contributed by atoms with Gasteiger partial charge in [-0.15, -0.1) is 0 Å². The van der Waals surface area contributed by atoms with E-state index >= 15 is 0 Å². The van der Waals surface area contributed by atoms with Crippen LogP contribution in [-0.4, -0.2) is 52.0 Å². The van der Waals surface area contributed by atoms with E-state index in [0.717, 1.165) is 56.3 Å². The molecule has 1 aliphatic rings. The molecule has 1 heterocycles. The van der Waals surface area contributed by atoms with Crippen molar-refractivity contribution in [2.45, 2.75) is 12.5 Å². The van der Waals surface area contributed by atoms with Gasteiger partial charge in [-0.05, 0) is 12.5 Å². The number of hydrogen-bond acceptors (Lipinski definition) is 5. The molecular formula is C15H24N2O3. The molecule has 20 heavy (non-hydrogen) atoms. The molecule has 2 N–H and O–H groups in total. The second-order valence-corrected chi connectivity index (χ2v) is 4.96. The van der Waals surface area contributed by atoms with E-state index in [4.69, 9.17) is 19.9 Å². The fourth-order valence-corrected chi connectivity index (χ4v) is 2.43. The molecule has 0 bridgehead atoms. The van der Waals surface area contributed by atoms with Gasteiger partial charge >= 0.3 is 0 Å². The van der Waals surface area contributed by atoms with Crippen LogP contribution in [0.2, 0.25) is 0 Å². The van der Waals surface area contributed by atoms with Gasteiger partial charge in [0.1, 0.15) is 11.5 Å². The molecule has 0 radical (unpaired) electrons. The van der Waals surface area contributed by atoms with Crippen molar-refractivity contribution in [1.82, 2.24) is 4.90 Å². The summed E-state index contributed by atoms with van der Waals surface area (Å²) in [5.74, 6) is 1.57. The van der Waals surface area contributed by atoms with Crippen molar-refractivity contribution in [1.29, 1.82) is 0 Å². The Bertz CT molecular complexity index is 420. The number of nitrogens with two attached hydrogens (primary N) is 1. The summed E-state index contributed by atoms with van der Waals surface area (Å²) < 4.78 is 16.0. The topological polar surface area (TPSA) is 57.0 Å². The summed E-state index contributed by atoms with van der Waals surface area (Å²) in [6.07, 6.45) is 0.905. The van der Waals surface area contributed by atoms with Crippen molar-refractivity contribution < 1.29 is 14.2 Å².